The van der Waals surface area contributed by atoms with Crippen LogP contribution in [0.1, 0.15) is 22.7 Å². The number of nitrogens with two attached hydrogens (primary N) is 1. The molecule has 0 saturated heterocycles. The Morgan fingerprint density at radius 1 is 1.11 bits per heavy atom. The number of ether oxygens (including phenoxy) is 1. The van der Waals surface area contributed by atoms with E-state index in [4.69, 9.17) is 10.5 Å². The fourth-order valence-electron chi connectivity index (χ4n) is 2.03. The summed E-state index contributed by atoms with van der Waals surface area (Å²) in [5.74, 6) is -0.361. The fourth-order valence-corrected chi connectivity index (χ4v) is 2.03. The lowest BCUT2D eigenvalue weighted by molar-refractivity contribution is 0.402. The first-order valence-corrected chi connectivity index (χ1v) is 5.88. The van der Waals surface area contributed by atoms with Crippen LogP contribution in [0, 0.1) is 18.6 Å². The van der Waals surface area contributed by atoms with Crippen molar-refractivity contribution in [3.63, 3.8) is 0 Å². The zero-order chi connectivity index (χ0) is 14.0. The van der Waals surface area contributed by atoms with Crippen molar-refractivity contribution in [1.82, 2.24) is 0 Å². The minimum atomic E-state index is -0.699. The van der Waals surface area contributed by atoms with Gasteiger partial charge in [0.05, 0.1) is 18.7 Å². The number of hydrogen-bond donors (Lipinski definition) is 1. The maximum absolute atomic E-state index is 13.9. The highest BCUT2D eigenvalue weighted by Gasteiger charge is 2.19. The van der Waals surface area contributed by atoms with Gasteiger partial charge in [0.15, 0.2) is 0 Å². The van der Waals surface area contributed by atoms with Gasteiger partial charge in [-0.05, 0) is 36.2 Å². The van der Waals surface area contributed by atoms with Crippen LogP contribution in [0.3, 0.4) is 0 Å². The van der Waals surface area contributed by atoms with E-state index >= 15 is 0 Å². The van der Waals surface area contributed by atoms with Gasteiger partial charge < -0.3 is 10.5 Å². The Balaban J connectivity index is 2.49. The molecule has 2 aromatic rings. The van der Waals surface area contributed by atoms with E-state index in [1.54, 1.807) is 31.2 Å². The second-order valence-electron chi connectivity index (χ2n) is 4.34. The third kappa shape index (κ3) is 2.58. The molecule has 0 spiro atoms. The lowest BCUT2D eigenvalue weighted by Crippen LogP contribution is -2.15. The Bertz CT molecular complexity index is 599. The van der Waals surface area contributed by atoms with Crippen LogP contribution < -0.4 is 10.5 Å². The molecule has 0 amide bonds. The summed E-state index contributed by atoms with van der Waals surface area (Å²) in [4.78, 5) is 0. The third-order valence-electron chi connectivity index (χ3n) is 3.08. The topological polar surface area (TPSA) is 35.2 Å². The van der Waals surface area contributed by atoms with Gasteiger partial charge in [-0.1, -0.05) is 18.2 Å². The summed E-state index contributed by atoms with van der Waals surface area (Å²) in [7, 11) is 1.46. The van der Waals surface area contributed by atoms with Crippen LogP contribution in [0.5, 0.6) is 5.75 Å². The predicted octanol–water partition coefficient (Wildman–Crippen LogP) is 3.33. The molecule has 1 atom stereocenters. The first-order chi connectivity index (χ1) is 9.04. The van der Waals surface area contributed by atoms with Crippen molar-refractivity contribution >= 4 is 0 Å². The van der Waals surface area contributed by atoms with Crippen molar-refractivity contribution in [2.75, 3.05) is 7.11 Å². The molecule has 0 aliphatic heterocycles. The van der Waals surface area contributed by atoms with Gasteiger partial charge in [0.2, 0.25) is 0 Å². The summed E-state index contributed by atoms with van der Waals surface area (Å²) >= 11 is 0. The van der Waals surface area contributed by atoms with Gasteiger partial charge in [-0.2, -0.15) is 0 Å². The van der Waals surface area contributed by atoms with E-state index in [-0.39, 0.29) is 11.4 Å². The SMILES string of the molecule is COc1cccc(F)c1C(N)c1ccc(F)c(C)c1. The summed E-state index contributed by atoms with van der Waals surface area (Å²) < 4.78 is 32.3. The molecule has 2 nitrogen and oxygen atoms in total. The second kappa shape index (κ2) is 5.36. The van der Waals surface area contributed by atoms with Gasteiger partial charge in [0.25, 0.3) is 0 Å². The summed E-state index contributed by atoms with van der Waals surface area (Å²) in [6.07, 6.45) is 0. The highest BCUT2D eigenvalue weighted by molar-refractivity contribution is 5.43. The Morgan fingerprint density at radius 3 is 2.47 bits per heavy atom. The Morgan fingerprint density at radius 2 is 1.84 bits per heavy atom. The summed E-state index contributed by atoms with van der Waals surface area (Å²) in [6.45, 7) is 1.64. The molecular weight excluding hydrogens is 248 g/mol. The molecule has 0 aliphatic carbocycles. The quantitative estimate of drug-likeness (QED) is 0.921. The molecule has 0 aliphatic rings. The molecule has 0 radical (unpaired) electrons. The minimum Gasteiger partial charge on any atom is -0.496 e. The first kappa shape index (κ1) is 13.5. The van der Waals surface area contributed by atoms with Crippen molar-refractivity contribution in [1.29, 1.82) is 0 Å². The molecular formula is C15H15F2NO. The Hall–Kier alpha value is -1.94. The number of methoxy groups -OCH3 is 1. The van der Waals surface area contributed by atoms with E-state index in [0.717, 1.165) is 0 Å². The zero-order valence-corrected chi connectivity index (χ0v) is 10.8. The largest absolute Gasteiger partial charge is 0.496 e. The van der Waals surface area contributed by atoms with Crippen LogP contribution in [-0.4, -0.2) is 7.11 Å². The molecule has 0 fully saturated rings. The van der Waals surface area contributed by atoms with Crippen LogP contribution in [0.15, 0.2) is 36.4 Å². The first-order valence-electron chi connectivity index (χ1n) is 5.88. The summed E-state index contributed by atoms with van der Waals surface area (Å²) in [5.41, 5.74) is 7.46. The van der Waals surface area contributed by atoms with Crippen molar-refractivity contribution in [2.24, 2.45) is 5.73 Å². The van der Waals surface area contributed by atoms with E-state index in [0.29, 0.717) is 16.9 Å². The minimum absolute atomic E-state index is 0.274. The molecule has 100 valence electrons. The molecule has 0 bridgehead atoms. The molecule has 2 N–H and O–H groups in total. The standard InChI is InChI=1S/C15H15F2NO/c1-9-8-10(6-7-11(9)16)15(18)14-12(17)4-3-5-13(14)19-2/h3-8,15H,18H2,1-2H3. The highest BCUT2D eigenvalue weighted by Crippen LogP contribution is 2.31. The number of halogens is 2. The van der Waals surface area contributed by atoms with Gasteiger partial charge in [0.1, 0.15) is 17.4 Å². The Labute approximate surface area is 110 Å². The van der Waals surface area contributed by atoms with Gasteiger partial charge in [-0.3, -0.25) is 0 Å². The van der Waals surface area contributed by atoms with Crippen LogP contribution in [0.25, 0.3) is 0 Å². The number of hydrogen-bond acceptors (Lipinski definition) is 2. The van der Waals surface area contributed by atoms with Crippen LogP contribution in [-0.2, 0) is 0 Å². The molecule has 0 saturated carbocycles. The monoisotopic (exact) mass is 263 g/mol. The average Bonchev–Trinajstić information content (AvgIpc) is 2.40. The van der Waals surface area contributed by atoms with E-state index in [2.05, 4.69) is 0 Å². The Kier molecular flexibility index (Phi) is 3.81. The van der Waals surface area contributed by atoms with Crippen molar-refractivity contribution in [3.8, 4) is 5.75 Å². The van der Waals surface area contributed by atoms with Gasteiger partial charge in [0, 0.05) is 0 Å². The normalized spacial score (nSPS) is 12.3. The maximum Gasteiger partial charge on any atom is 0.132 e. The molecule has 2 aromatic carbocycles. The summed E-state index contributed by atoms with van der Waals surface area (Å²) in [6, 6.07) is 8.33. The predicted molar refractivity (Wildman–Crippen MR) is 70.1 cm³/mol. The molecule has 0 aromatic heterocycles. The van der Waals surface area contributed by atoms with Crippen molar-refractivity contribution in [2.45, 2.75) is 13.0 Å². The van der Waals surface area contributed by atoms with Crippen molar-refractivity contribution < 1.29 is 13.5 Å². The third-order valence-corrected chi connectivity index (χ3v) is 3.08. The molecule has 4 heteroatoms. The van der Waals surface area contributed by atoms with E-state index in [9.17, 15) is 8.78 Å². The zero-order valence-electron chi connectivity index (χ0n) is 10.8. The lowest BCUT2D eigenvalue weighted by atomic mass is 9.97. The van der Waals surface area contributed by atoms with Crippen molar-refractivity contribution in [3.05, 3.63) is 64.7 Å². The van der Waals surface area contributed by atoms with Crippen LogP contribution in [0.2, 0.25) is 0 Å². The van der Waals surface area contributed by atoms with Gasteiger partial charge >= 0.3 is 0 Å². The number of rotatable bonds is 3. The molecule has 2 rings (SSSR count). The average molecular weight is 263 g/mol. The fraction of sp³-hybridized carbons (Fsp3) is 0.200. The maximum atomic E-state index is 13.9. The lowest BCUT2D eigenvalue weighted by Gasteiger charge is -2.17. The molecule has 19 heavy (non-hydrogen) atoms. The van der Waals surface area contributed by atoms with E-state index in [1.165, 1.54) is 19.2 Å². The van der Waals surface area contributed by atoms with E-state index in [1.807, 2.05) is 0 Å². The summed E-state index contributed by atoms with van der Waals surface area (Å²) in [5, 5.41) is 0. The van der Waals surface area contributed by atoms with Gasteiger partial charge in [-0.25, -0.2) is 8.78 Å². The molecule has 1 unspecified atom stereocenters. The van der Waals surface area contributed by atoms with Crippen LogP contribution in [0.4, 0.5) is 8.78 Å². The van der Waals surface area contributed by atoms with Gasteiger partial charge in [-0.15, -0.1) is 0 Å². The highest BCUT2D eigenvalue weighted by atomic mass is 19.1. The van der Waals surface area contributed by atoms with Crippen LogP contribution >= 0.6 is 0 Å². The number of benzene rings is 2. The molecule has 0 heterocycles. The smallest absolute Gasteiger partial charge is 0.132 e. The van der Waals surface area contributed by atoms with E-state index < -0.39 is 11.9 Å². The second-order valence-corrected chi connectivity index (χ2v) is 4.34. The number of aryl methyl sites for hydroxylation is 1.